The van der Waals surface area contributed by atoms with Crippen LogP contribution >= 0.6 is 0 Å². The van der Waals surface area contributed by atoms with Gasteiger partial charge in [0.2, 0.25) is 0 Å². The van der Waals surface area contributed by atoms with E-state index in [4.69, 9.17) is 9.84 Å². The van der Waals surface area contributed by atoms with E-state index in [1.807, 2.05) is 0 Å². The van der Waals surface area contributed by atoms with Crippen molar-refractivity contribution in [2.24, 2.45) is 0 Å². The standard InChI is InChI=1S/C14H14F4O2/c15-12-6-5-11(4-1-2-8-19)13(10-12)20-9-3-7-14(16,17)18/h5-6,10,19H,2-3,7-9H2. The molecule has 1 rings (SSSR count). The zero-order valence-corrected chi connectivity index (χ0v) is 10.6. The number of benzene rings is 1. The van der Waals surface area contributed by atoms with Gasteiger partial charge in [-0.2, -0.15) is 13.2 Å². The van der Waals surface area contributed by atoms with E-state index in [0.717, 1.165) is 6.07 Å². The molecule has 1 aromatic carbocycles. The minimum Gasteiger partial charge on any atom is -0.492 e. The Balaban J connectivity index is 2.63. The summed E-state index contributed by atoms with van der Waals surface area (Å²) in [6, 6.07) is 3.65. The molecule has 0 heterocycles. The van der Waals surface area contributed by atoms with Gasteiger partial charge in [-0.1, -0.05) is 11.8 Å². The molecule has 20 heavy (non-hydrogen) atoms. The number of halogens is 4. The van der Waals surface area contributed by atoms with Crippen molar-refractivity contribution in [1.29, 1.82) is 0 Å². The van der Waals surface area contributed by atoms with Crippen LogP contribution in [0.1, 0.15) is 24.8 Å². The van der Waals surface area contributed by atoms with Crippen LogP contribution in [0.5, 0.6) is 5.75 Å². The molecule has 0 spiro atoms. The summed E-state index contributed by atoms with van der Waals surface area (Å²) in [4.78, 5) is 0. The molecule has 6 heteroatoms. The average molecular weight is 290 g/mol. The maximum Gasteiger partial charge on any atom is 0.389 e. The number of ether oxygens (including phenoxy) is 1. The quantitative estimate of drug-likeness (QED) is 0.512. The molecule has 0 atom stereocenters. The largest absolute Gasteiger partial charge is 0.492 e. The van der Waals surface area contributed by atoms with Gasteiger partial charge < -0.3 is 9.84 Å². The molecular weight excluding hydrogens is 276 g/mol. The molecule has 0 fully saturated rings. The highest BCUT2D eigenvalue weighted by Crippen LogP contribution is 2.23. The van der Waals surface area contributed by atoms with E-state index >= 15 is 0 Å². The zero-order valence-electron chi connectivity index (χ0n) is 10.6. The lowest BCUT2D eigenvalue weighted by molar-refractivity contribution is -0.136. The second-order valence-corrected chi connectivity index (χ2v) is 3.98. The van der Waals surface area contributed by atoms with Gasteiger partial charge in [-0.15, -0.1) is 0 Å². The van der Waals surface area contributed by atoms with Gasteiger partial charge in [0.25, 0.3) is 0 Å². The van der Waals surface area contributed by atoms with Gasteiger partial charge in [0.05, 0.1) is 18.8 Å². The first-order valence-corrected chi connectivity index (χ1v) is 6.01. The van der Waals surface area contributed by atoms with Gasteiger partial charge in [0.15, 0.2) is 0 Å². The van der Waals surface area contributed by atoms with Crippen molar-refractivity contribution in [3.8, 4) is 17.6 Å². The van der Waals surface area contributed by atoms with Crippen LogP contribution in [-0.4, -0.2) is 24.5 Å². The van der Waals surface area contributed by atoms with Crippen molar-refractivity contribution in [2.75, 3.05) is 13.2 Å². The highest BCUT2D eigenvalue weighted by molar-refractivity contribution is 5.46. The van der Waals surface area contributed by atoms with Crippen molar-refractivity contribution in [3.05, 3.63) is 29.6 Å². The number of rotatable bonds is 5. The molecule has 2 nitrogen and oxygen atoms in total. The summed E-state index contributed by atoms with van der Waals surface area (Å²) in [6.07, 6.45) is -5.13. The molecule has 0 amide bonds. The Hall–Kier alpha value is -1.74. The lowest BCUT2D eigenvalue weighted by Crippen LogP contribution is -2.10. The Bertz CT molecular complexity index is 486. The van der Waals surface area contributed by atoms with Crippen molar-refractivity contribution >= 4 is 0 Å². The fourth-order valence-electron chi connectivity index (χ4n) is 1.39. The minimum atomic E-state index is -4.23. The predicted octanol–water partition coefficient (Wildman–Crippen LogP) is 3.28. The Morgan fingerprint density at radius 3 is 2.65 bits per heavy atom. The zero-order chi connectivity index (χ0) is 15.0. The van der Waals surface area contributed by atoms with Crippen LogP contribution in [0, 0.1) is 17.7 Å². The fourth-order valence-corrected chi connectivity index (χ4v) is 1.39. The van der Waals surface area contributed by atoms with Gasteiger partial charge in [-0.05, 0) is 18.6 Å². The van der Waals surface area contributed by atoms with Gasteiger partial charge >= 0.3 is 6.18 Å². The van der Waals surface area contributed by atoms with Crippen LogP contribution in [0.15, 0.2) is 18.2 Å². The molecule has 0 aliphatic carbocycles. The summed E-state index contributed by atoms with van der Waals surface area (Å²) in [6.45, 7) is -0.270. The fraction of sp³-hybridized carbons (Fsp3) is 0.429. The number of hydrogen-bond donors (Lipinski definition) is 1. The molecule has 0 aromatic heterocycles. The predicted molar refractivity (Wildman–Crippen MR) is 65.8 cm³/mol. The monoisotopic (exact) mass is 290 g/mol. The highest BCUT2D eigenvalue weighted by Gasteiger charge is 2.26. The van der Waals surface area contributed by atoms with Crippen LogP contribution in [0.25, 0.3) is 0 Å². The van der Waals surface area contributed by atoms with Crippen LogP contribution in [-0.2, 0) is 0 Å². The number of aliphatic hydroxyl groups excluding tert-OH is 1. The summed E-state index contributed by atoms with van der Waals surface area (Å²) < 4.78 is 54.1. The molecule has 1 N–H and O–H groups in total. The van der Waals surface area contributed by atoms with Gasteiger partial charge in [-0.25, -0.2) is 4.39 Å². The van der Waals surface area contributed by atoms with Crippen molar-refractivity contribution < 1.29 is 27.4 Å². The third kappa shape index (κ3) is 6.43. The summed E-state index contributed by atoms with van der Waals surface area (Å²) >= 11 is 0. The second-order valence-electron chi connectivity index (χ2n) is 3.98. The summed E-state index contributed by atoms with van der Waals surface area (Å²) in [5, 5.41) is 8.61. The first-order chi connectivity index (χ1) is 9.42. The first kappa shape index (κ1) is 16.3. The molecule has 0 bridgehead atoms. The smallest absolute Gasteiger partial charge is 0.389 e. The molecule has 0 saturated heterocycles. The summed E-state index contributed by atoms with van der Waals surface area (Å²) in [5.41, 5.74) is 0.381. The van der Waals surface area contributed by atoms with Gasteiger partial charge in [0.1, 0.15) is 11.6 Å². The van der Waals surface area contributed by atoms with Crippen LogP contribution in [0.4, 0.5) is 17.6 Å². The summed E-state index contributed by atoms with van der Waals surface area (Å²) in [5.74, 6) is 4.87. The van der Waals surface area contributed by atoms with Crippen LogP contribution in [0.3, 0.4) is 0 Å². The maximum atomic E-state index is 13.1. The normalized spacial score (nSPS) is 10.8. The van der Waals surface area contributed by atoms with Gasteiger partial charge in [0, 0.05) is 18.9 Å². The van der Waals surface area contributed by atoms with E-state index in [0.29, 0.717) is 5.56 Å². The summed E-state index contributed by atoms with van der Waals surface area (Å²) in [7, 11) is 0. The SMILES string of the molecule is OCCC#Cc1ccc(F)cc1OCCCC(F)(F)F. The molecule has 0 aliphatic rings. The van der Waals surface area contributed by atoms with E-state index in [9.17, 15) is 17.6 Å². The molecule has 0 aliphatic heterocycles. The number of hydrogen-bond acceptors (Lipinski definition) is 2. The first-order valence-electron chi connectivity index (χ1n) is 6.01. The van der Waals surface area contributed by atoms with Crippen molar-refractivity contribution in [2.45, 2.75) is 25.4 Å². The van der Waals surface area contributed by atoms with E-state index in [-0.39, 0.29) is 31.8 Å². The number of alkyl halides is 3. The second kappa shape index (κ2) is 7.75. The Kier molecular flexibility index (Phi) is 6.32. The maximum absolute atomic E-state index is 13.1. The molecule has 1 aromatic rings. The van der Waals surface area contributed by atoms with E-state index < -0.39 is 18.4 Å². The average Bonchev–Trinajstić information content (AvgIpc) is 2.36. The number of aliphatic hydroxyl groups is 1. The van der Waals surface area contributed by atoms with Crippen molar-refractivity contribution in [1.82, 2.24) is 0 Å². The van der Waals surface area contributed by atoms with E-state index in [1.165, 1.54) is 12.1 Å². The van der Waals surface area contributed by atoms with Crippen LogP contribution < -0.4 is 4.74 Å². The molecular formula is C14H14F4O2. The molecule has 0 radical (unpaired) electrons. The van der Waals surface area contributed by atoms with Crippen molar-refractivity contribution in [3.63, 3.8) is 0 Å². The van der Waals surface area contributed by atoms with E-state index in [2.05, 4.69) is 11.8 Å². The molecule has 0 saturated carbocycles. The third-order valence-corrected chi connectivity index (χ3v) is 2.27. The lowest BCUT2D eigenvalue weighted by atomic mass is 10.2. The Morgan fingerprint density at radius 1 is 1.25 bits per heavy atom. The highest BCUT2D eigenvalue weighted by atomic mass is 19.4. The van der Waals surface area contributed by atoms with Gasteiger partial charge in [-0.3, -0.25) is 0 Å². The Labute approximate surface area is 114 Å². The topological polar surface area (TPSA) is 29.5 Å². The third-order valence-electron chi connectivity index (χ3n) is 2.27. The van der Waals surface area contributed by atoms with E-state index in [1.54, 1.807) is 0 Å². The molecule has 0 unspecified atom stereocenters. The Morgan fingerprint density at radius 2 is 2.00 bits per heavy atom. The lowest BCUT2D eigenvalue weighted by Gasteiger charge is -2.09. The minimum absolute atomic E-state index is 0.101. The molecule has 110 valence electrons. The van der Waals surface area contributed by atoms with Crippen LogP contribution in [0.2, 0.25) is 0 Å².